The number of carbonyl (C=O) groups is 1. The normalized spacial score (nSPS) is 26.4. The van der Waals surface area contributed by atoms with Gasteiger partial charge in [-0.15, -0.1) is 0 Å². The average Bonchev–Trinajstić information content (AvgIpc) is 2.62. The number of hydrogen-bond donors (Lipinski definition) is 1. The molecule has 96 valence electrons. The number of urea groups is 1. The van der Waals surface area contributed by atoms with Crippen LogP contribution in [0.3, 0.4) is 0 Å². The Labute approximate surface area is 101 Å². The topological polar surface area (TPSA) is 77.2 Å². The largest absolute Gasteiger partial charge is 0.385 e. The maximum Gasteiger partial charge on any atom is 0.345 e. The number of aliphatic imine (C=N–C) groups is 1. The smallest absolute Gasteiger partial charge is 0.345 e. The molecular formula is C11H19N3O3. The molecule has 2 N–H and O–H groups in total. The van der Waals surface area contributed by atoms with E-state index in [9.17, 15) is 4.79 Å². The van der Waals surface area contributed by atoms with Crippen molar-refractivity contribution in [3.63, 3.8) is 0 Å². The Morgan fingerprint density at radius 3 is 2.88 bits per heavy atom. The standard InChI is InChI=1S/C11H19N3O3/c1-16-7-4-14-9(10(12)13-11(14)15)8-2-5-17-6-3-8/h8-9H,2-7H2,1H3,(H2,12,13,15). The van der Waals surface area contributed by atoms with Crippen LogP contribution in [-0.4, -0.2) is 56.3 Å². The highest BCUT2D eigenvalue weighted by atomic mass is 16.5. The number of ether oxygens (including phenoxy) is 2. The molecule has 1 saturated heterocycles. The van der Waals surface area contributed by atoms with Crippen LogP contribution in [-0.2, 0) is 9.47 Å². The fourth-order valence-electron chi connectivity index (χ4n) is 2.47. The molecule has 6 nitrogen and oxygen atoms in total. The van der Waals surface area contributed by atoms with Crippen molar-refractivity contribution in [3.05, 3.63) is 0 Å². The van der Waals surface area contributed by atoms with Gasteiger partial charge in [0.1, 0.15) is 5.84 Å². The van der Waals surface area contributed by atoms with Crippen LogP contribution in [0, 0.1) is 5.92 Å². The van der Waals surface area contributed by atoms with Crippen LogP contribution in [0.25, 0.3) is 0 Å². The van der Waals surface area contributed by atoms with Crippen LogP contribution in [0.5, 0.6) is 0 Å². The number of amidine groups is 1. The van der Waals surface area contributed by atoms with Crippen molar-refractivity contribution < 1.29 is 14.3 Å². The Kier molecular flexibility index (Phi) is 3.96. The SMILES string of the molecule is COCCN1C(=O)N=C(N)C1C1CCOCC1. The molecule has 2 heterocycles. The molecule has 2 aliphatic heterocycles. The summed E-state index contributed by atoms with van der Waals surface area (Å²) in [7, 11) is 1.62. The molecule has 0 saturated carbocycles. The minimum absolute atomic E-state index is 0.0680. The van der Waals surface area contributed by atoms with Crippen molar-refractivity contribution in [2.75, 3.05) is 33.5 Å². The van der Waals surface area contributed by atoms with Crippen molar-refractivity contribution in [3.8, 4) is 0 Å². The average molecular weight is 241 g/mol. The van der Waals surface area contributed by atoms with Crippen LogP contribution < -0.4 is 5.73 Å². The van der Waals surface area contributed by atoms with Gasteiger partial charge in [-0.3, -0.25) is 0 Å². The summed E-state index contributed by atoms with van der Waals surface area (Å²) in [4.78, 5) is 17.3. The van der Waals surface area contributed by atoms with E-state index in [0.717, 1.165) is 26.1 Å². The van der Waals surface area contributed by atoms with Gasteiger partial charge in [-0.2, -0.15) is 4.99 Å². The number of hydrogen-bond acceptors (Lipinski definition) is 4. The minimum atomic E-state index is -0.240. The molecule has 2 rings (SSSR count). The molecule has 0 aromatic rings. The number of rotatable bonds is 4. The van der Waals surface area contributed by atoms with Gasteiger partial charge >= 0.3 is 6.03 Å². The molecule has 0 bridgehead atoms. The lowest BCUT2D eigenvalue weighted by molar-refractivity contribution is 0.0460. The Morgan fingerprint density at radius 1 is 1.53 bits per heavy atom. The van der Waals surface area contributed by atoms with Crippen molar-refractivity contribution in [1.29, 1.82) is 0 Å². The molecule has 0 aliphatic carbocycles. The first-order chi connectivity index (χ1) is 8.24. The monoisotopic (exact) mass is 241 g/mol. The lowest BCUT2D eigenvalue weighted by atomic mass is 9.90. The quantitative estimate of drug-likeness (QED) is 0.764. The summed E-state index contributed by atoms with van der Waals surface area (Å²) in [5.74, 6) is 0.800. The van der Waals surface area contributed by atoms with Crippen LogP contribution >= 0.6 is 0 Å². The van der Waals surface area contributed by atoms with Gasteiger partial charge in [0.05, 0.1) is 12.6 Å². The van der Waals surface area contributed by atoms with Gasteiger partial charge < -0.3 is 20.1 Å². The molecule has 0 aromatic carbocycles. The maximum absolute atomic E-state index is 11.7. The van der Waals surface area contributed by atoms with Crippen LogP contribution in [0.1, 0.15) is 12.8 Å². The summed E-state index contributed by atoms with van der Waals surface area (Å²) in [6.07, 6.45) is 1.86. The lowest BCUT2D eigenvalue weighted by Gasteiger charge is -2.33. The molecule has 1 atom stereocenters. The van der Waals surface area contributed by atoms with E-state index in [1.165, 1.54) is 0 Å². The van der Waals surface area contributed by atoms with Crippen LogP contribution in [0.15, 0.2) is 4.99 Å². The first-order valence-corrected chi connectivity index (χ1v) is 5.95. The highest BCUT2D eigenvalue weighted by Crippen LogP contribution is 2.26. The van der Waals surface area contributed by atoms with E-state index in [1.807, 2.05) is 0 Å². The van der Waals surface area contributed by atoms with Gasteiger partial charge in [-0.25, -0.2) is 4.79 Å². The molecule has 6 heteroatoms. The van der Waals surface area contributed by atoms with E-state index >= 15 is 0 Å². The van der Waals surface area contributed by atoms with Gasteiger partial charge in [0.15, 0.2) is 0 Å². The zero-order chi connectivity index (χ0) is 12.3. The van der Waals surface area contributed by atoms with Crippen molar-refractivity contribution in [2.45, 2.75) is 18.9 Å². The summed E-state index contributed by atoms with van der Waals surface area (Å²) in [6.45, 7) is 2.53. The Hall–Kier alpha value is -1.14. The molecule has 2 amide bonds. The fourth-order valence-corrected chi connectivity index (χ4v) is 2.47. The van der Waals surface area contributed by atoms with E-state index in [-0.39, 0.29) is 12.1 Å². The second kappa shape index (κ2) is 5.46. The lowest BCUT2D eigenvalue weighted by Crippen LogP contribution is -2.48. The van der Waals surface area contributed by atoms with Crippen molar-refractivity contribution in [1.82, 2.24) is 4.90 Å². The molecule has 2 aliphatic rings. The first-order valence-electron chi connectivity index (χ1n) is 5.95. The zero-order valence-corrected chi connectivity index (χ0v) is 10.1. The summed E-state index contributed by atoms with van der Waals surface area (Å²) in [6, 6.07) is -0.308. The Morgan fingerprint density at radius 2 is 2.24 bits per heavy atom. The van der Waals surface area contributed by atoms with Crippen LogP contribution in [0.2, 0.25) is 0 Å². The Bertz CT molecular complexity index is 313. The fraction of sp³-hybridized carbons (Fsp3) is 0.818. The molecule has 0 spiro atoms. The number of nitrogens with two attached hydrogens (primary N) is 1. The number of methoxy groups -OCH3 is 1. The zero-order valence-electron chi connectivity index (χ0n) is 10.1. The van der Waals surface area contributed by atoms with Crippen molar-refractivity contribution in [2.24, 2.45) is 16.6 Å². The highest BCUT2D eigenvalue weighted by Gasteiger charge is 2.39. The predicted octanol–water partition coefficient (Wildman–Crippen LogP) is 0.221. The van der Waals surface area contributed by atoms with Gasteiger partial charge in [-0.05, 0) is 18.8 Å². The second-order valence-electron chi connectivity index (χ2n) is 4.40. The summed E-state index contributed by atoms with van der Waals surface area (Å²) in [5.41, 5.74) is 5.87. The second-order valence-corrected chi connectivity index (χ2v) is 4.40. The van der Waals surface area contributed by atoms with Crippen molar-refractivity contribution >= 4 is 11.9 Å². The van der Waals surface area contributed by atoms with Gasteiger partial charge in [0.2, 0.25) is 0 Å². The van der Waals surface area contributed by atoms with E-state index in [0.29, 0.717) is 24.9 Å². The van der Waals surface area contributed by atoms with E-state index in [1.54, 1.807) is 12.0 Å². The Balaban J connectivity index is 2.05. The summed E-state index contributed by atoms with van der Waals surface area (Å²) >= 11 is 0. The van der Waals surface area contributed by atoms with E-state index in [4.69, 9.17) is 15.2 Å². The summed E-state index contributed by atoms with van der Waals surface area (Å²) in [5, 5.41) is 0. The third-order valence-corrected chi connectivity index (χ3v) is 3.36. The van der Waals surface area contributed by atoms with E-state index in [2.05, 4.69) is 4.99 Å². The molecular weight excluding hydrogens is 222 g/mol. The maximum atomic E-state index is 11.7. The summed E-state index contributed by atoms with van der Waals surface area (Å²) < 4.78 is 10.3. The molecule has 0 radical (unpaired) electrons. The van der Waals surface area contributed by atoms with E-state index < -0.39 is 0 Å². The third kappa shape index (κ3) is 2.58. The molecule has 1 unspecified atom stereocenters. The van der Waals surface area contributed by atoms with Gasteiger partial charge in [0, 0.05) is 26.9 Å². The minimum Gasteiger partial charge on any atom is -0.385 e. The predicted molar refractivity (Wildman–Crippen MR) is 62.9 cm³/mol. The van der Waals surface area contributed by atoms with Crippen LogP contribution in [0.4, 0.5) is 4.79 Å². The third-order valence-electron chi connectivity index (χ3n) is 3.36. The first kappa shape index (κ1) is 12.3. The van der Waals surface area contributed by atoms with Gasteiger partial charge in [0.25, 0.3) is 0 Å². The number of amides is 2. The highest BCUT2D eigenvalue weighted by molar-refractivity contribution is 6.03. The molecule has 0 aromatic heterocycles. The number of carbonyl (C=O) groups excluding carboxylic acids is 1. The number of nitrogens with zero attached hydrogens (tertiary/aromatic N) is 2. The molecule has 17 heavy (non-hydrogen) atoms. The van der Waals surface area contributed by atoms with Gasteiger partial charge in [-0.1, -0.05) is 0 Å². The molecule has 1 fully saturated rings.